The zero-order valence-corrected chi connectivity index (χ0v) is 49.1. The molecule has 0 aliphatic heterocycles. The molecule has 74 heavy (non-hydrogen) atoms. The molecule has 0 heterocycles. The van der Waals surface area contributed by atoms with Crippen molar-refractivity contribution in [1.82, 2.24) is 0 Å². The van der Waals surface area contributed by atoms with Gasteiger partial charge in [0.2, 0.25) is 0 Å². The largest absolute Gasteiger partial charge is 0.462 e. The second-order valence-corrected chi connectivity index (χ2v) is 21.3. The summed E-state index contributed by atoms with van der Waals surface area (Å²) in [6.45, 7) is 6.50. The Kier molecular flexibility index (Phi) is 59.7. The van der Waals surface area contributed by atoms with E-state index in [9.17, 15) is 14.4 Å². The van der Waals surface area contributed by atoms with Gasteiger partial charge in [0.15, 0.2) is 6.10 Å². The van der Waals surface area contributed by atoms with E-state index in [2.05, 4.69) is 87.6 Å². The standard InChI is InChI=1S/C68H120O6/c1-4-7-10-13-16-19-22-24-26-28-30-31-32-33-34-35-36-38-39-41-43-46-49-52-55-58-61-67(70)73-64-65(63-72-66(69)60-57-54-51-48-45-21-18-15-12-9-6-3)74-68(71)62-59-56-53-50-47-44-42-40-37-29-27-25-23-20-17-14-11-8-5-2/h8,11,17,20,25,27,37,40,44,47,53,56,65H,4-7,9-10,12-16,18-19,21-24,26,28-36,38-39,41-43,45-46,48-52,54-55,57-64H2,1-3H3/b11-8-,20-17-,27-25-,40-37-,47-44-,56-53-. The van der Waals surface area contributed by atoms with Gasteiger partial charge in [0, 0.05) is 19.3 Å². The summed E-state index contributed by atoms with van der Waals surface area (Å²) < 4.78 is 16.8. The fraction of sp³-hybridized carbons (Fsp3) is 0.779. The fourth-order valence-corrected chi connectivity index (χ4v) is 9.24. The number of ether oxygens (including phenoxy) is 3. The zero-order valence-electron chi connectivity index (χ0n) is 49.1. The second kappa shape index (κ2) is 62.4. The van der Waals surface area contributed by atoms with E-state index in [0.29, 0.717) is 19.3 Å². The Morgan fingerprint density at radius 3 is 0.797 bits per heavy atom. The highest BCUT2D eigenvalue weighted by Gasteiger charge is 2.19. The van der Waals surface area contributed by atoms with E-state index in [1.165, 1.54) is 199 Å². The van der Waals surface area contributed by atoms with Gasteiger partial charge in [0.25, 0.3) is 0 Å². The molecule has 0 bridgehead atoms. The lowest BCUT2D eigenvalue weighted by Crippen LogP contribution is -2.30. The molecule has 0 amide bonds. The number of rotatable bonds is 58. The van der Waals surface area contributed by atoms with Crippen LogP contribution in [0.5, 0.6) is 0 Å². The summed E-state index contributed by atoms with van der Waals surface area (Å²) in [5.74, 6) is -0.972. The summed E-state index contributed by atoms with van der Waals surface area (Å²) in [5, 5.41) is 0. The molecule has 0 spiro atoms. The van der Waals surface area contributed by atoms with Crippen LogP contribution < -0.4 is 0 Å². The molecule has 0 saturated heterocycles. The summed E-state index contributed by atoms with van der Waals surface area (Å²) in [6.07, 6.45) is 80.8. The van der Waals surface area contributed by atoms with Crippen LogP contribution >= 0.6 is 0 Å². The lowest BCUT2D eigenvalue weighted by molar-refractivity contribution is -0.166. The van der Waals surface area contributed by atoms with Crippen LogP contribution in [0, 0.1) is 0 Å². The monoisotopic (exact) mass is 1030 g/mol. The van der Waals surface area contributed by atoms with Gasteiger partial charge in [-0.3, -0.25) is 14.4 Å². The second-order valence-electron chi connectivity index (χ2n) is 21.3. The van der Waals surface area contributed by atoms with Gasteiger partial charge in [-0.05, 0) is 57.8 Å². The Labute approximate surface area is 459 Å². The van der Waals surface area contributed by atoms with Gasteiger partial charge >= 0.3 is 17.9 Å². The van der Waals surface area contributed by atoms with E-state index in [4.69, 9.17) is 14.2 Å². The van der Waals surface area contributed by atoms with Crippen molar-refractivity contribution < 1.29 is 28.6 Å². The molecule has 6 nitrogen and oxygen atoms in total. The highest BCUT2D eigenvalue weighted by atomic mass is 16.6. The van der Waals surface area contributed by atoms with Gasteiger partial charge in [-0.2, -0.15) is 0 Å². The van der Waals surface area contributed by atoms with Gasteiger partial charge in [-0.15, -0.1) is 0 Å². The number of esters is 3. The van der Waals surface area contributed by atoms with Gasteiger partial charge in [0.1, 0.15) is 13.2 Å². The molecule has 0 aromatic heterocycles. The maximum Gasteiger partial charge on any atom is 0.306 e. The van der Waals surface area contributed by atoms with Crippen molar-refractivity contribution in [2.45, 2.75) is 329 Å². The van der Waals surface area contributed by atoms with Crippen LogP contribution in [0.1, 0.15) is 323 Å². The van der Waals surface area contributed by atoms with Crippen LogP contribution in [-0.2, 0) is 28.6 Å². The number of carbonyl (C=O) groups is 3. The molecule has 0 N–H and O–H groups in total. The van der Waals surface area contributed by atoms with E-state index < -0.39 is 6.10 Å². The summed E-state index contributed by atoms with van der Waals surface area (Å²) in [5.41, 5.74) is 0. The lowest BCUT2D eigenvalue weighted by Gasteiger charge is -2.18. The first kappa shape index (κ1) is 70.8. The maximum absolute atomic E-state index is 12.8. The molecule has 0 rings (SSSR count). The smallest absolute Gasteiger partial charge is 0.306 e. The van der Waals surface area contributed by atoms with Crippen LogP contribution in [0.4, 0.5) is 0 Å². The topological polar surface area (TPSA) is 78.9 Å². The summed E-state index contributed by atoms with van der Waals surface area (Å²) >= 11 is 0. The maximum atomic E-state index is 12.8. The van der Waals surface area contributed by atoms with E-state index in [0.717, 1.165) is 77.0 Å². The summed E-state index contributed by atoms with van der Waals surface area (Å²) in [6, 6.07) is 0. The average molecular weight is 1030 g/mol. The quantitative estimate of drug-likeness (QED) is 0.0261. The van der Waals surface area contributed by atoms with Gasteiger partial charge in [-0.1, -0.05) is 318 Å². The Morgan fingerprint density at radius 1 is 0.284 bits per heavy atom. The number of hydrogen-bond donors (Lipinski definition) is 0. The predicted octanol–water partition coefficient (Wildman–Crippen LogP) is 21.7. The third kappa shape index (κ3) is 59.7. The fourth-order valence-electron chi connectivity index (χ4n) is 9.24. The van der Waals surface area contributed by atoms with E-state index >= 15 is 0 Å². The van der Waals surface area contributed by atoms with Crippen molar-refractivity contribution in [3.05, 3.63) is 72.9 Å². The molecule has 0 aliphatic carbocycles. The van der Waals surface area contributed by atoms with E-state index in [1.54, 1.807) is 0 Å². The number of carbonyl (C=O) groups excluding carboxylic acids is 3. The molecular weight excluding hydrogens is 913 g/mol. The van der Waals surface area contributed by atoms with Gasteiger partial charge in [-0.25, -0.2) is 0 Å². The van der Waals surface area contributed by atoms with E-state index in [-0.39, 0.29) is 37.5 Å². The van der Waals surface area contributed by atoms with Gasteiger partial charge in [0.05, 0.1) is 0 Å². The molecule has 0 fully saturated rings. The van der Waals surface area contributed by atoms with Crippen LogP contribution in [0.25, 0.3) is 0 Å². The Bertz CT molecular complexity index is 1370. The summed E-state index contributed by atoms with van der Waals surface area (Å²) in [4.78, 5) is 38.2. The minimum atomic E-state index is -0.813. The number of hydrogen-bond acceptors (Lipinski definition) is 6. The highest BCUT2D eigenvalue weighted by molar-refractivity contribution is 5.71. The van der Waals surface area contributed by atoms with Crippen molar-refractivity contribution in [2.75, 3.05) is 13.2 Å². The molecule has 0 aromatic carbocycles. The first-order valence-corrected chi connectivity index (χ1v) is 31.9. The molecule has 1 unspecified atom stereocenters. The molecule has 6 heteroatoms. The third-order valence-electron chi connectivity index (χ3n) is 14.0. The Morgan fingerprint density at radius 2 is 0.527 bits per heavy atom. The van der Waals surface area contributed by atoms with Crippen LogP contribution in [0.15, 0.2) is 72.9 Å². The number of unbranched alkanes of at least 4 members (excludes halogenated alkanes) is 35. The van der Waals surface area contributed by atoms with Crippen LogP contribution in [0.2, 0.25) is 0 Å². The number of allylic oxidation sites excluding steroid dienone is 12. The minimum absolute atomic E-state index is 0.102. The van der Waals surface area contributed by atoms with Crippen LogP contribution in [-0.4, -0.2) is 37.2 Å². The van der Waals surface area contributed by atoms with Crippen LogP contribution in [0.3, 0.4) is 0 Å². The van der Waals surface area contributed by atoms with Crippen molar-refractivity contribution in [3.8, 4) is 0 Å². The lowest BCUT2D eigenvalue weighted by atomic mass is 10.0. The minimum Gasteiger partial charge on any atom is -0.462 e. The molecule has 0 aliphatic rings. The highest BCUT2D eigenvalue weighted by Crippen LogP contribution is 2.17. The van der Waals surface area contributed by atoms with E-state index in [1.807, 2.05) is 6.08 Å². The van der Waals surface area contributed by atoms with Crippen molar-refractivity contribution >= 4 is 17.9 Å². The summed E-state index contributed by atoms with van der Waals surface area (Å²) in [7, 11) is 0. The SMILES string of the molecule is CC/C=C\C/C=C\C/C=C\C/C=C\C/C=C\C/C=C\CCC(=O)OC(COC(=O)CCCCCCCCCCCCC)COC(=O)CCCCCCCCCCCCCCCCCCCCCCCCCCCC. The zero-order chi connectivity index (χ0) is 53.6. The molecule has 0 aromatic rings. The molecule has 0 radical (unpaired) electrons. The van der Waals surface area contributed by atoms with Gasteiger partial charge < -0.3 is 14.2 Å². The van der Waals surface area contributed by atoms with Crippen molar-refractivity contribution in [3.63, 3.8) is 0 Å². The average Bonchev–Trinajstić information content (AvgIpc) is 3.40. The third-order valence-corrected chi connectivity index (χ3v) is 14.0. The predicted molar refractivity (Wildman–Crippen MR) is 321 cm³/mol. The first-order valence-electron chi connectivity index (χ1n) is 31.9. The molecule has 0 saturated carbocycles. The Balaban J connectivity index is 4.29. The first-order chi connectivity index (χ1) is 36.5. The van der Waals surface area contributed by atoms with Crippen molar-refractivity contribution in [1.29, 1.82) is 0 Å². The Hall–Kier alpha value is -3.15. The normalized spacial score (nSPS) is 12.5. The molecular formula is C68H120O6. The molecule has 1 atom stereocenters. The molecule has 428 valence electrons. The van der Waals surface area contributed by atoms with Crippen molar-refractivity contribution in [2.24, 2.45) is 0 Å².